The van der Waals surface area contributed by atoms with Crippen molar-refractivity contribution in [2.24, 2.45) is 5.92 Å². The predicted octanol–water partition coefficient (Wildman–Crippen LogP) is 1.17. The Balaban J connectivity index is 2.64. The molecule has 1 fully saturated rings. The van der Waals surface area contributed by atoms with E-state index in [1.165, 1.54) is 0 Å². The van der Waals surface area contributed by atoms with Gasteiger partial charge in [0.25, 0.3) is 0 Å². The van der Waals surface area contributed by atoms with Crippen molar-refractivity contribution in [3.8, 4) is 0 Å². The molecule has 0 spiro atoms. The summed E-state index contributed by atoms with van der Waals surface area (Å²) in [7, 11) is 0. The Kier molecular flexibility index (Phi) is 6.28. The number of carbonyl (C=O) groups excluding carboxylic acids is 2. The van der Waals surface area contributed by atoms with Crippen LogP contribution in [-0.2, 0) is 14.3 Å². The zero-order chi connectivity index (χ0) is 14.4. The number of hydrogen-bond acceptors (Lipinski definition) is 4. The molecule has 1 heterocycles. The van der Waals surface area contributed by atoms with E-state index < -0.39 is 0 Å². The summed E-state index contributed by atoms with van der Waals surface area (Å²) < 4.78 is 4.93. The minimum atomic E-state index is -0.339. The molecule has 0 aliphatic carbocycles. The van der Waals surface area contributed by atoms with Crippen LogP contribution in [0.25, 0.3) is 0 Å². The number of amides is 1. The maximum Gasteiger partial charge on any atom is 0.325 e. The third-order valence-corrected chi connectivity index (χ3v) is 3.48. The third kappa shape index (κ3) is 4.82. The molecule has 1 aliphatic rings. The quantitative estimate of drug-likeness (QED) is 0.762. The Morgan fingerprint density at radius 1 is 1.42 bits per heavy atom. The topological polar surface area (TPSA) is 58.6 Å². The van der Waals surface area contributed by atoms with Gasteiger partial charge in [-0.2, -0.15) is 0 Å². The van der Waals surface area contributed by atoms with Crippen LogP contribution in [0.15, 0.2) is 0 Å². The van der Waals surface area contributed by atoms with Crippen LogP contribution in [-0.4, -0.2) is 48.6 Å². The van der Waals surface area contributed by atoms with Gasteiger partial charge in [-0.15, -0.1) is 0 Å². The van der Waals surface area contributed by atoms with Gasteiger partial charge in [-0.1, -0.05) is 6.92 Å². The summed E-state index contributed by atoms with van der Waals surface area (Å²) in [6, 6.07) is -0.170. The van der Waals surface area contributed by atoms with Gasteiger partial charge in [-0.25, -0.2) is 0 Å². The van der Waals surface area contributed by atoms with Crippen LogP contribution in [0.3, 0.4) is 0 Å². The van der Waals surface area contributed by atoms with Gasteiger partial charge < -0.3 is 15.0 Å². The number of ether oxygens (including phenoxy) is 1. The van der Waals surface area contributed by atoms with Gasteiger partial charge in [0.1, 0.15) is 6.54 Å². The molecule has 5 heteroatoms. The largest absolute Gasteiger partial charge is 0.465 e. The second-order valence-electron chi connectivity index (χ2n) is 5.50. The number of rotatable bonds is 5. The smallest absolute Gasteiger partial charge is 0.325 e. The van der Waals surface area contributed by atoms with Crippen LogP contribution >= 0.6 is 0 Å². The Bertz CT molecular complexity index is 318. The molecule has 0 bridgehead atoms. The first-order chi connectivity index (χ1) is 8.95. The zero-order valence-corrected chi connectivity index (χ0v) is 12.4. The van der Waals surface area contributed by atoms with Crippen molar-refractivity contribution in [3.05, 3.63) is 0 Å². The SMILES string of the molecule is CCOC(=O)CN(C(=O)C1CC(C)CCN1)C(C)C. The molecule has 19 heavy (non-hydrogen) atoms. The molecule has 1 rings (SSSR count). The van der Waals surface area contributed by atoms with E-state index in [4.69, 9.17) is 4.74 Å². The Labute approximate surface area is 115 Å². The van der Waals surface area contributed by atoms with E-state index >= 15 is 0 Å². The van der Waals surface area contributed by atoms with Crippen LogP contribution in [0.1, 0.15) is 40.5 Å². The highest BCUT2D eigenvalue weighted by Gasteiger charge is 2.30. The van der Waals surface area contributed by atoms with E-state index in [-0.39, 0.29) is 30.5 Å². The van der Waals surface area contributed by atoms with Gasteiger partial charge >= 0.3 is 5.97 Å². The summed E-state index contributed by atoms with van der Waals surface area (Å²) in [5, 5.41) is 3.25. The first-order valence-electron chi connectivity index (χ1n) is 7.15. The highest BCUT2D eigenvalue weighted by molar-refractivity contribution is 5.86. The molecule has 1 amide bonds. The maximum atomic E-state index is 12.5. The van der Waals surface area contributed by atoms with Gasteiger partial charge in [-0.05, 0) is 46.1 Å². The summed E-state index contributed by atoms with van der Waals surface area (Å²) >= 11 is 0. The fourth-order valence-electron chi connectivity index (χ4n) is 2.36. The lowest BCUT2D eigenvalue weighted by molar-refractivity contribution is -0.151. The number of esters is 1. The van der Waals surface area contributed by atoms with E-state index in [1.54, 1.807) is 11.8 Å². The van der Waals surface area contributed by atoms with Crippen LogP contribution < -0.4 is 5.32 Å². The molecule has 0 radical (unpaired) electrons. The second-order valence-corrected chi connectivity index (χ2v) is 5.50. The van der Waals surface area contributed by atoms with Crippen molar-refractivity contribution in [3.63, 3.8) is 0 Å². The fourth-order valence-corrected chi connectivity index (χ4v) is 2.36. The lowest BCUT2D eigenvalue weighted by Gasteiger charge is -2.33. The standard InChI is InChI=1S/C14H26N2O3/c1-5-19-13(17)9-16(10(2)3)14(18)12-8-11(4)6-7-15-12/h10-12,15H,5-9H2,1-4H3. The number of nitrogens with one attached hydrogen (secondary N) is 1. The third-order valence-electron chi connectivity index (χ3n) is 3.48. The predicted molar refractivity (Wildman–Crippen MR) is 73.7 cm³/mol. The first-order valence-corrected chi connectivity index (χ1v) is 7.15. The minimum Gasteiger partial charge on any atom is -0.465 e. The maximum absolute atomic E-state index is 12.5. The van der Waals surface area contributed by atoms with Crippen molar-refractivity contribution >= 4 is 11.9 Å². The molecule has 0 aromatic rings. The summed E-state index contributed by atoms with van der Waals surface area (Å²) in [6.45, 7) is 9.01. The van der Waals surface area contributed by atoms with Crippen molar-refractivity contribution in [2.75, 3.05) is 19.7 Å². The van der Waals surface area contributed by atoms with Crippen molar-refractivity contribution in [2.45, 2.75) is 52.6 Å². The lowest BCUT2D eigenvalue weighted by atomic mass is 9.93. The summed E-state index contributed by atoms with van der Waals surface area (Å²) in [4.78, 5) is 25.7. The van der Waals surface area contributed by atoms with E-state index in [0.29, 0.717) is 12.5 Å². The number of hydrogen-bond donors (Lipinski definition) is 1. The van der Waals surface area contributed by atoms with Crippen LogP contribution in [0.4, 0.5) is 0 Å². The molecule has 0 aromatic carbocycles. The van der Waals surface area contributed by atoms with Gasteiger partial charge in [0.15, 0.2) is 0 Å². The Morgan fingerprint density at radius 2 is 2.11 bits per heavy atom. The van der Waals surface area contributed by atoms with Crippen LogP contribution in [0, 0.1) is 5.92 Å². The lowest BCUT2D eigenvalue weighted by Crippen LogP contribution is -2.53. The van der Waals surface area contributed by atoms with Gasteiger partial charge in [-0.3, -0.25) is 9.59 Å². The van der Waals surface area contributed by atoms with Crippen molar-refractivity contribution < 1.29 is 14.3 Å². The highest BCUT2D eigenvalue weighted by atomic mass is 16.5. The molecule has 2 atom stereocenters. The van der Waals surface area contributed by atoms with E-state index in [9.17, 15) is 9.59 Å². The Hall–Kier alpha value is -1.10. The van der Waals surface area contributed by atoms with Gasteiger partial charge in [0.2, 0.25) is 5.91 Å². The molecule has 1 saturated heterocycles. The highest BCUT2D eigenvalue weighted by Crippen LogP contribution is 2.17. The number of piperidine rings is 1. The fraction of sp³-hybridized carbons (Fsp3) is 0.857. The summed E-state index contributed by atoms with van der Waals surface area (Å²) in [6.07, 6.45) is 1.94. The minimum absolute atomic E-state index is 0.00376. The van der Waals surface area contributed by atoms with Gasteiger partial charge in [0.05, 0.1) is 12.6 Å². The molecule has 110 valence electrons. The molecular formula is C14H26N2O3. The molecule has 1 N–H and O–H groups in total. The van der Waals surface area contributed by atoms with E-state index in [1.807, 2.05) is 13.8 Å². The molecule has 5 nitrogen and oxygen atoms in total. The summed E-state index contributed by atoms with van der Waals surface area (Å²) in [5.74, 6) is 0.217. The van der Waals surface area contributed by atoms with Crippen LogP contribution in [0.2, 0.25) is 0 Å². The Morgan fingerprint density at radius 3 is 2.63 bits per heavy atom. The molecular weight excluding hydrogens is 244 g/mol. The average molecular weight is 270 g/mol. The van der Waals surface area contributed by atoms with E-state index in [2.05, 4.69) is 12.2 Å². The molecule has 0 saturated carbocycles. The number of nitrogens with zero attached hydrogens (tertiary/aromatic N) is 1. The second kappa shape index (κ2) is 7.48. The van der Waals surface area contributed by atoms with Crippen molar-refractivity contribution in [1.29, 1.82) is 0 Å². The van der Waals surface area contributed by atoms with Crippen molar-refractivity contribution in [1.82, 2.24) is 10.2 Å². The monoisotopic (exact) mass is 270 g/mol. The molecule has 0 aromatic heterocycles. The average Bonchev–Trinajstić information content (AvgIpc) is 2.35. The number of carbonyl (C=O) groups is 2. The molecule has 2 unspecified atom stereocenters. The normalized spacial score (nSPS) is 23.2. The zero-order valence-electron chi connectivity index (χ0n) is 12.4. The van der Waals surface area contributed by atoms with Crippen LogP contribution in [0.5, 0.6) is 0 Å². The summed E-state index contributed by atoms with van der Waals surface area (Å²) in [5.41, 5.74) is 0. The van der Waals surface area contributed by atoms with Gasteiger partial charge in [0, 0.05) is 6.04 Å². The van der Waals surface area contributed by atoms with E-state index in [0.717, 1.165) is 19.4 Å². The molecule has 1 aliphatic heterocycles. The first kappa shape index (κ1) is 16.0.